The zero-order valence-electron chi connectivity index (χ0n) is 12.0. The topological polar surface area (TPSA) is 72.5 Å². The number of amides is 1. The highest BCUT2D eigenvalue weighted by atomic mass is 35.5. The van der Waals surface area contributed by atoms with Crippen molar-refractivity contribution in [1.82, 2.24) is 5.32 Å². The summed E-state index contributed by atoms with van der Waals surface area (Å²) in [5.41, 5.74) is 1.47. The maximum atomic E-state index is 11.4. The molecule has 1 N–H and O–H groups in total. The molecule has 0 spiro atoms. The van der Waals surface area contributed by atoms with Crippen LogP contribution in [0.5, 0.6) is 0 Å². The minimum atomic E-state index is -0.395. The second-order valence-electron chi connectivity index (χ2n) is 4.66. The van der Waals surface area contributed by atoms with Crippen molar-refractivity contribution in [2.24, 2.45) is 0 Å². The molecular formula is C15H18ClNO4. The monoisotopic (exact) mass is 311 g/mol. The fraction of sp³-hybridized carbons (Fsp3) is 0.400. The maximum absolute atomic E-state index is 11.4. The summed E-state index contributed by atoms with van der Waals surface area (Å²) < 4.78 is 4.93. The van der Waals surface area contributed by atoms with E-state index in [0.29, 0.717) is 12.0 Å². The first-order valence-electron chi connectivity index (χ1n) is 6.51. The number of carbonyl (C=O) groups is 3. The van der Waals surface area contributed by atoms with Gasteiger partial charge in [0.2, 0.25) is 5.91 Å². The van der Waals surface area contributed by atoms with Gasteiger partial charge in [-0.25, -0.2) is 0 Å². The summed E-state index contributed by atoms with van der Waals surface area (Å²) in [5.74, 6) is -0.781. The van der Waals surface area contributed by atoms with Crippen LogP contribution >= 0.6 is 11.6 Å². The number of ether oxygens (including phenoxy) is 1. The van der Waals surface area contributed by atoms with E-state index in [1.165, 1.54) is 13.8 Å². The Kier molecular flexibility index (Phi) is 6.88. The van der Waals surface area contributed by atoms with E-state index >= 15 is 0 Å². The smallest absolute Gasteiger partial charge is 0.302 e. The van der Waals surface area contributed by atoms with Crippen molar-refractivity contribution in [3.8, 4) is 0 Å². The van der Waals surface area contributed by atoms with Crippen molar-refractivity contribution < 1.29 is 19.1 Å². The fourth-order valence-electron chi connectivity index (χ4n) is 1.85. The molecule has 114 valence electrons. The number of alkyl halides is 1. The van der Waals surface area contributed by atoms with Crippen molar-refractivity contribution in [2.75, 3.05) is 12.5 Å². The number of esters is 1. The summed E-state index contributed by atoms with van der Waals surface area (Å²) >= 11 is 5.49. The average Bonchev–Trinajstić information content (AvgIpc) is 2.44. The summed E-state index contributed by atoms with van der Waals surface area (Å²) in [5, 5.41) is 2.73. The van der Waals surface area contributed by atoms with Crippen molar-refractivity contribution in [1.29, 1.82) is 0 Å². The van der Waals surface area contributed by atoms with Gasteiger partial charge in [0.1, 0.15) is 6.61 Å². The van der Waals surface area contributed by atoms with Gasteiger partial charge in [-0.2, -0.15) is 0 Å². The largest absolute Gasteiger partial charge is 0.464 e. The molecule has 0 aliphatic carbocycles. The number of Topliss-reactive ketones (excluding diaryl/α,β-unsaturated/α-hetero) is 1. The molecule has 5 nitrogen and oxygen atoms in total. The third kappa shape index (κ3) is 6.40. The molecule has 0 saturated carbocycles. The van der Waals surface area contributed by atoms with E-state index in [-0.39, 0.29) is 30.2 Å². The van der Waals surface area contributed by atoms with E-state index < -0.39 is 5.97 Å². The second kappa shape index (κ2) is 8.42. The highest BCUT2D eigenvalue weighted by molar-refractivity contribution is 6.30. The van der Waals surface area contributed by atoms with Crippen molar-refractivity contribution in [3.05, 3.63) is 35.4 Å². The van der Waals surface area contributed by atoms with Gasteiger partial charge < -0.3 is 10.1 Å². The van der Waals surface area contributed by atoms with Gasteiger partial charge in [-0.15, -0.1) is 11.6 Å². The van der Waals surface area contributed by atoms with Gasteiger partial charge in [-0.05, 0) is 12.0 Å². The lowest BCUT2D eigenvalue weighted by atomic mass is 10.0. The first-order valence-corrected chi connectivity index (χ1v) is 7.04. The van der Waals surface area contributed by atoms with Gasteiger partial charge in [0.25, 0.3) is 0 Å². The molecule has 21 heavy (non-hydrogen) atoms. The van der Waals surface area contributed by atoms with E-state index in [1.54, 1.807) is 24.3 Å². The standard InChI is InChI=1S/C15H18ClNO4/c1-10(18)17-14(9-21-11(2)19)7-12-3-5-13(6-4-12)15(20)8-16/h3-6,14H,7-9H2,1-2H3,(H,17,18). The molecule has 0 saturated heterocycles. The third-order valence-corrected chi connectivity index (χ3v) is 3.02. The molecule has 1 atom stereocenters. The lowest BCUT2D eigenvalue weighted by Gasteiger charge is -2.17. The summed E-state index contributed by atoms with van der Waals surface area (Å²) in [6, 6.07) is 6.67. The normalized spacial score (nSPS) is 11.6. The molecule has 0 aromatic heterocycles. The van der Waals surface area contributed by atoms with Crippen LogP contribution in [0.1, 0.15) is 29.8 Å². The highest BCUT2D eigenvalue weighted by Crippen LogP contribution is 2.09. The number of rotatable bonds is 7. The van der Waals surface area contributed by atoms with Crippen LogP contribution in [0.4, 0.5) is 0 Å². The molecule has 0 bridgehead atoms. The van der Waals surface area contributed by atoms with Crippen LogP contribution in [-0.4, -0.2) is 36.2 Å². The van der Waals surface area contributed by atoms with Gasteiger partial charge in [0, 0.05) is 19.4 Å². The van der Waals surface area contributed by atoms with Gasteiger partial charge in [-0.1, -0.05) is 24.3 Å². The van der Waals surface area contributed by atoms with Crippen LogP contribution < -0.4 is 5.32 Å². The maximum Gasteiger partial charge on any atom is 0.302 e. The molecule has 0 heterocycles. The van der Waals surface area contributed by atoms with E-state index in [2.05, 4.69) is 5.32 Å². The molecule has 0 aliphatic heterocycles. The zero-order chi connectivity index (χ0) is 15.8. The van der Waals surface area contributed by atoms with Crippen LogP contribution in [0.25, 0.3) is 0 Å². The van der Waals surface area contributed by atoms with E-state index in [4.69, 9.17) is 16.3 Å². The number of ketones is 1. The number of halogens is 1. The van der Waals surface area contributed by atoms with Crippen molar-refractivity contribution >= 4 is 29.3 Å². The van der Waals surface area contributed by atoms with E-state index in [9.17, 15) is 14.4 Å². The first kappa shape index (κ1) is 17.2. The number of hydrogen-bond acceptors (Lipinski definition) is 4. The molecule has 0 fully saturated rings. The lowest BCUT2D eigenvalue weighted by molar-refractivity contribution is -0.142. The lowest BCUT2D eigenvalue weighted by Crippen LogP contribution is -2.39. The fourth-order valence-corrected chi connectivity index (χ4v) is 2.00. The van der Waals surface area contributed by atoms with Gasteiger partial charge in [0.05, 0.1) is 11.9 Å². The summed E-state index contributed by atoms with van der Waals surface area (Å²) in [6.45, 7) is 2.83. The Balaban J connectivity index is 2.70. The Labute approximate surface area is 128 Å². The Hall–Kier alpha value is -1.88. The Morgan fingerprint density at radius 3 is 2.29 bits per heavy atom. The summed E-state index contributed by atoms with van der Waals surface area (Å²) in [7, 11) is 0. The molecule has 6 heteroatoms. The van der Waals surface area contributed by atoms with E-state index in [1.807, 2.05) is 0 Å². The predicted octanol–water partition coefficient (Wildman–Crippen LogP) is 1.72. The Bertz CT molecular complexity index is 513. The highest BCUT2D eigenvalue weighted by Gasteiger charge is 2.13. The molecule has 1 rings (SSSR count). The average molecular weight is 312 g/mol. The summed E-state index contributed by atoms with van der Waals surface area (Å²) in [6.07, 6.45) is 0.502. The van der Waals surface area contributed by atoms with Gasteiger partial charge in [0.15, 0.2) is 5.78 Å². The number of nitrogens with one attached hydrogen (secondary N) is 1. The van der Waals surface area contributed by atoms with Gasteiger partial charge >= 0.3 is 5.97 Å². The molecular weight excluding hydrogens is 294 g/mol. The van der Waals surface area contributed by atoms with Crippen LogP contribution in [0, 0.1) is 0 Å². The molecule has 1 aromatic rings. The summed E-state index contributed by atoms with van der Waals surface area (Å²) in [4.78, 5) is 33.4. The Morgan fingerprint density at radius 1 is 1.19 bits per heavy atom. The zero-order valence-corrected chi connectivity index (χ0v) is 12.8. The van der Waals surface area contributed by atoms with Crippen LogP contribution in [0.3, 0.4) is 0 Å². The Morgan fingerprint density at radius 2 is 1.81 bits per heavy atom. The second-order valence-corrected chi connectivity index (χ2v) is 4.93. The van der Waals surface area contributed by atoms with Gasteiger partial charge in [-0.3, -0.25) is 14.4 Å². The molecule has 0 radical (unpaired) electrons. The van der Waals surface area contributed by atoms with E-state index in [0.717, 1.165) is 5.56 Å². The van der Waals surface area contributed by atoms with Crippen LogP contribution in [0.15, 0.2) is 24.3 Å². The minimum Gasteiger partial charge on any atom is -0.464 e. The van der Waals surface area contributed by atoms with Crippen molar-refractivity contribution in [3.63, 3.8) is 0 Å². The SMILES string of the molecule is CC(=O)NC(COC(C)=O)Cc1ccc(C(=O)CCl)cc1. The molecule has 1 aromatic carbocycles. The quantitative estimate of drug-likeness (QED) is 0.473. The van der Waals surface area contributed by atoms with Crippen molar-refractivity contribution in [2.45, 2.75) is 26.3 Å². The third-order valence-electron chi connectivity index (χ3n) is 2.77. The number of carbonyl (C=O) groups excluding carboxylic acids is 3. The minimum absolute atomic E-state index is 0.0552. The number of hydrogen-bond donors (Lipinski definition) is 1. The molecule has 1 amide bonds. The first-order chi connectivity index (χ1) is 9.92. The molecule has 1 unspecified atom stereocenters. The molecule has 0 aliphatic rings. The number of benzene rings is 1. The predicted molar refractivity (Wildman–Crippen MR) is 79.4 cm³/mol. The van der Waals surface area contributed by atoms with Crippen LogP contribution in [-0.2, 0) is 20.7 Å². The van der Waals surface area contributed by atoms with Crippen LogP contribution in [0.2, 0.25) is 0 Å².